The first-order valence-electron chi connectivity index (χ1n) is 8.72. The van der Waals surface area contributed by atoms with Crippen molar-refractivity contribution in [3.63, 3.8) is 0 Å². The van der Waals surface area contributed by atoms with Gasteiger partial charge in [-0.1, -0.05) is 29.3 Å². The molecule has 0 atom stereocenters. The molecule has 2 aliphatic rings. The number of aryl methyl sites for hydroxylation is 2. The molecule has 4 rings (SSSR count). The monoisotopic (exact) mass is 444 g/mol. The van der Waals surface area contributed by atoms with Gasteiger partial charge in [0, 0.05) is 26.2 Å². The first-order valence-corrected chi connectivity index (χ1v) is 11.7. The zero-order chi connectivity index (χ0) is 19.2. The van der Waals surface area contributed by atoms with E-state index in [2.05, 4.69) is 0 Å². The summed E-state index contributed by atoms with van der Waals surface area (Å²) in [5, 5.41) is 0. The van der Waals surface area contributed by atoms with E-state index >= 15 is 0 Å². The van der Waals surface area contributed by atoms with Crippen LogP contribution in [0.4, 0.5) is 0 Å². The average molecular weight is 445 g/mol. The van der Waals surface area contributed by atoms with Crippen molar-refractivity contribution in [3.8, 4) is 0 Å². The lowest BCUT2D eigenvalue weighted by atomic mass is 10.1. The molecule has 1 aliphatic heterocycles. The molecule has 0 saturated carbocycles. The number of benzene rings is 1. The zero-order valence-corrected chi connectivity index (χ0v) is 17.6. The third kappa shape index (κ3) is 3.63. The van der Waals surface area contributed by atoms with Gasteiger partial charge in [0.05, 0.1) is 14.8 Å². The lowest BCUT2D eigenvalue weighted by Crippen LogP contribution is -2.50. The predicted octanol–water partition coefficient (Wildman–Crippen LogP) is 3.69. The van der Waals surface area contributed by atoms with Crippen molar-refractivity contribution in [1.29, 1.82) is 0 Å². The van der Waals surface area contributed by atoms with Crippen LogP contribution in [0.5, 0.6) is 0 Å². The van der Waals surface area contributed by atoms with E-state index < -0.39 is 10.0 Å². The summed E-state index contributed by atoms with van der Waals surface area (Å²) in [5.74, 6) is -0.210. The van der Waals surface area contributed by atoms with E-state index in [0.29, 0.717) is 32.2 Å². The fraction of sp³-hybridized carbons (Fsp3) is 0.389. The predicted molar refractivity (Wildman–Crippen MR) is 107 cm³/mol. The van der Waals surface area contributed by atoms with Crippen LogP contribution in [0.15, 0.2) is 29.2 Å². The second kappa shape index (κ2) is 7.37. The number of fused-ring (bicyclic) bond motifs is 1. The van der Waals surface area contributed by atoms with Crippen molar-refractivity contribution in [1.82, 2.24) is 9.21 Å². The van der Waals surface area contributed by atoms with Crippen molar-refractivity contribution < 1.29 is 13.2 Å². The molecule has 1 aliphatic carbocycles. The number of carbonyl (C=O) groups is 1. The van der Waals surface area contributed by atoms with Crippen molar-refractivity contribution in [2.75, 3.05) is 26.2 Å². The second-order valence-corrected chi connectivity index (χ2v) is 10.9. The highest BCUT2D eigenvalue weighted by molar-refractivity contribution is 7.89. The smallest absolute Gasteiger partial charge is 0.256 e. The van der Waals surface area contributed by atoms with Crippen LogP contribution < -0.4 is 0 Å². The highest BCUT2D eigenvalue weighted by atomic mass is 35.5. The fourth-order valence-electron chi connectivity index (χ4n) is 3.65. The highest BCUT2D eigenvalue weighted by Crippen LogP contribution is 2.32. The van der Waals surface area contributed by atoms with E-state index in [1.807, 2.05) is 12.1 Å². The van der Waals surface area contributed by atoms with Gasteiger partial charge >= 0.3 is 0 Å². The molecule has 2 heterocycles. The second-order valence-electron chi connectivity index (χ2n) is 6.72. The van der Waals surface area contributed by atoms with Crippen molar-refractivity contribution in [3.05, 3.63) is 49.6 Å². The van der Waals surface area contributed by atoms with E-state index in [9.17, 15) is 13.2 Å². The van der Waals surface area contributed by atoms with E-state index in [1.165, 1.54) is 9.87 Å². The molecule has 0 spiro atoms. The number of hydrogen-bond acceptors (Lipinski definition) is 4. The first kappa shape index (κ1) is 19.2. The molecule has 5 nitrogen and oxygen atoms in total. The minimum Gasteiger partial charge on any atom is -0.336 e. The Morgan fingerprint density at radius 2 is 1.70 bits per heavy atom. The molecule has 1 fully saturated rings. The summed E-state index contributed by atoms with van der Waals surface area (Å²) in [6.45, 7) is 1.18. The number of rotatable bonds is 3. The van der Waals surface area contributed by atoms with Gasteiger partial charge in [0.2, 0.25) is 10.0 Å². The zero-order valence-electron chi connectivity index (χ0n) is 14.5. The Morgan fingerprint density at radius 3 is 2.37 bits per heavy atom. The van der Waals surface area contributed by atoms with Gasteiger partial charge in [0.1, 0.15) is 4.34 Å². The van der Waals surface area contributed by atoms with Gasteiger partial charge in [0.15, 0.2) is 0 Å². The summed E-state index contributed by atoms with van der Waals surface area (Å²) < 4.78 is 28.2. The van der Waals surface area contributed by atoms with Crippen molar-refractivity contribution >= 4 is 50.5 Å². The number of hydrogen-bond donors (Lipinski definition) is 0. The number of carbonyl (C=O) groups excluding carboxylic acids is 1. The molecule has 2 aromatic rings. The maximum atomic E-state index is 13.0. The summed E-state index contributed by atoms with van der Waals surface area (Å²) in [7, 11) is -3.55. The SMILES string of the molecule is O=C(c1cc(Cl)sc1Cl)N1CCN(S(=O)(=O)c2ccc3c(c2)CCC3)CC1. The number of piperazine rings is 1. The Balaban J connectivity index is 1.47. The van der Waals surface area contributed by atoms with E-state index in [1.54, 1.807) is 17.0 Å². The minimum atomic E-state index is -3.55. The molecule has 0 radical (unpaired) electrons. The molecule has 1 aromatic carbocycles. The van der Waals surface area contributed by atoms with E-state index in [-0.39, 0.29) is 19.0 Å². The third-order valence-electron chi connectivity index (χ3n) is 5.12. The molecular formula is C18H18Cl2N2O3S2. The van der Waals surface area contributed by atoms with Gasteiger partial charge in [0.25, 0.3) is 5.91 Å². The number of nitrogens with zero attached hydrogens (tertiary/aromatic N) is 2. The molecule has 0 unspecified atom stereocenters. The van der Waals surface area contributed by atoms with Gasteiger partial charge in [-0.15, -0.1) is 11.3 Å². The van der Waals surface area contributed by atoms with Crippen molar-refractivity contribution in [2.45, 2.75) is 24.2 Å². The molecule has 1 amide bonds. The topological polar surface area (TPSA) is 57.7 Å². The summed E-state index contributed by atoms with van der Waals surface area (Å²) in [6, 6.07) is 6.99. The molecular weight excluding hydrogens is 427 g/mol. The largest absolute Gasteiger partial charge is 0.336 e. The Kier molecular flexibility index (Phi) is 5.24. The van der Waals surface area contributed by atoms with Crippen LogP contribution in [0.1, 0.15) is 27.9 Å². The molecule has 0 N–H and O–H groups in total. The lowest BCUT2D eigenvalue weighted by Gasteiger charge is -2.34. The average Bonchev–Trinajstić information content (AvgIpc) is 3.26. The van der Waals surface area contributed by atoms with Crippen LogP contribution in [0, 0.1) is 0 Å². The standard InChI is InChI=1S/C18H18Cl2N2O3S2/c19-16-11-15(17(20)26-16)18(23)21-6-8-22(9-7-21)27(24,25)14-5-4-12-2-1-3-13(12)10-14/h4-5,10-11H,1-3,6-9H2. The minimum absolute atomic E-state index is 0.210. The summed E-state index contributed by atoms with van der Waals surface area (Å²) in [5.41, 5.74) is 2.76. The van der Waals surface area contributed by atoms with Gasteiger partial charge in [-0.25, -0.2) is 8.42 Å². The number of halogens is 2. The van der Waals surface area contributed by atoms with Crippen LogP contribution in [-0.2, 0) is 22.9 Å². The highest BCUT2D eigenvalue weighted by Gasteiger charge is 2.32. The molecule has 0 bridgehead atoms. The maximum absolute atomic E-state index is 13.0. The first-order chi connectivity index (χ1) is 12.9. The number of thiophene rings is 1. The molecule has 1 aromatic heterocycles. The van der Waals surface area contributed by atoms with Crippen LogP contribution in [0.25, 0.3) is 0 Å². The summed E-state index contributed by atoms with van der Waals surface area (Å²) >= 11 is 13.1. The molecule has 9 heteroatoms. The summed E-state index contributed by atoms with van der Waals surface area (Å²) in [6.07, 6.45) is 3.03. The molecule has 144 valence electrons. The van der Waals surface area contributed by atoms with E-state index in [0.717, 1.165) is 36.2 Å². The molecule has 1 saturated heterocycles. The third-order valence-corrected chi connectivity index (χ3v) is 8.50. The van der Waals surface area contributed by atoms with Gasteiger partial charge < -0.3 is 4.90 Å². The lowest BCUT2D eigenvalue weighted by molar-refractivity contribution is 0.0698. The van der Waals surface area contributed by atoms with Gasteiger partial charge in [-0.05, 0) is 48.6 Å². The van der Waals surface area contributed by atoms with Crippen LogP contribution in [0.2, 0.25) is 8.67 Å². The number of sulfonamides is 1. The fourth-order valence-corrected chi connectivity index (χ4v) is 6.57. The maximum Gasteiger partial charge on any atom is 0.256 e. The Labute approximate surface area is 172 Å². The van der Waals surface area contributed by atoms with Gasteiger partial charge in [-0.2, -0.15) is 4.31 Å². The Hall–Kier alpha value is -1.12. The van der Waals surface area contributed by atoms with E-state index in [4.69, 9.17) is 23.2 Å². The van der Waals surface area contributed by atoms with Crippen molar-refractivity contribution in [2.24, 2.45) is 0 Å². The quantitative estimate of drug-likeness (QED) is 0.724. The summed E-state index contributed by atoms with van der Waals surface area (Å²) in [4.78, 5) is 14.6. The normalized spacial score (nSPS) is 17.9. The van der Waals surface area contributed by atoms with Gasteiger partial charge in [-0.3, -0.25) is 4.79 Å². The molecule has 27 heavy (non-hydrogen) atoms. The Morgan fingerprint density at radius 1 is 1.00 bits per heavy atom. The van der Waals surface area contributed by atoms with Crippen LogP contribution >= 0.6 is 34.5 Å². The Bertz CT molecular complexity index is 996. The van der Waals surface area contributed by atoms with Crippen LogP contribution in [-0.4, -0.2) is 49.7 Å². The number of amides is 1. The van der Waals surface area contributed by atoms with Crippen LogP contribution in [0.3, 0.4) is 0 Å².